The molecule has 1 aromatic heterocycles. The Balaban J connectivity index is 1.54. The Bertz CT molecular complexity index is 1080. The largest absolute Gasteiger partial charge is 0.493 e. The van der Waals surface area contributed by atoms with Crippen molar-refractivity contribution in [2.45, 2.75) is 32.7 Å². The van der Waals surface area contributed by atoms with Crippen LogP contribution in [-0.4, -0.2) is 23.6 Å². The van der Waals surface area contributed by atoms with Gasteiger partial charge in [0.15, 0.2) is 6.04 Å². The van der Waals surface area contributed by atoms with Gasteiger partial charge in [0, 0.05) is 17.4 Å². The fourth-order valence-electron chi connectivity index (χ4n) is 3.53. The molecular formula is C22H21NO5. The van der Waals surface area contributed by atoms with Crippen molar-refractivity contribution in [2.75, 3.05) is 6.61 Å². The second-order valence-corrected chi connectivity index (χ2v) is 7.17. The number of carboxylic acid groups (broad SMARTS) is 1. The third kappa shape index (κ3) is 3.33. The van der Waals surface area contributed by atoms with Crippen molar-refractivity contribution in [3.05, 3.63) is 64.4 Å². The third-order valence-electron chi connectivity index (χ3n) is 5.22. The average Bonchev–Trinajstić information content (AvgIpc) is 3.27. The monoisotopic (exact) mass is 379 g/mol. The van der Waals surface area contributed by atoms with Gasteiger partial charge in [-0.05, 0) is 60.4 Å². The summed E-state index contributed by atoms with van der Waals surface area (Å²) in [5.41, 5.74) is 5.18. The number of carbonyl (C=O) groups is 2. The molecular weight excluding hydrogens is 358 g/mol. The van der Waals surface area contributed by atoms with Crippen LogP contribution < -0.4 is 10.1 Å². The summed E-state index contributed by atoms with van der Waals surface area (Å²) in [6.45, 7) is 4.60. The smallest absolute Gasteiger partial charge is 0.330 e. The minimum Gasteiger partial charge on any atom is -0.493 e. The lowest BCUT2D eigenvalue weighted by molar-refractivity contribution is -0.141. The van der Waals surface area contributed by atoms with Crippen molar-refractivity contribution in [3.63, 3.8) is 0 Å². The van der Waals surface area contributed by atoms with E-state index in [-0.39, 0.29) is 12.3 Å². The Morgan fingerprint density at radius 2 is 1.96 bits per heavy atom. The minimum absolute atomic E-state index is 0.0489. The molecule has 2 aromatic carbocycles. The van der Waals surface area contributed by atoms with Crippen LogP contribution in [0, 0.1) is 13.8 Å². The van der Waals surface area contributed by atoms with Crippen molar-refractivity contribution in [2.24, 2.45) is 0 Å². The molecule has 0 spiro atoms. The highest BCUT2D eigenvalue weighted by Crippen LogP contribution is 2.29. The summed E-state index contributed by atoms with van der Waals surface area (Å²) in [6, 6.07) is 8.06. The van der Waals surface area contributed by atoms with Crippen LogP contribution in [0.4, 0.5) is 0 Å². The summed E-state index contributed by atoms with van der Waals surface area (Å²) in [4.78, 5) is 24.4. The van der Waals surface area contributed by atoms with Crippen LogP contribution in [0.15, 0.2) is 41.0 Å². The lowest BCUT2D eigenvalue weighted by Crippen LogP contribution is -2.34. The number of carboxylic acids is 1. The SMILES string of the molecule is Cc1cc2occ(CC(=O)NC(C(=O)O)c3ccc4c(c3)CCO4)c2cc1C. The molecule has 6 nitrogen and oxygen atoms in total. The molecule has 144 valence electrons. The van der Waals surface area contributed by atoms with E-state index < -0.39 is 12.0 Å². The molecule has 0 bridgehead atoms. The summed E-state index contributed by atoms with van der Waals surface area (Å²) < 4.78 is 11.0. The molecule has 1 aliphatic heterocycles. The molecule has 0 radical (unpaired) electrons. The minimum atomic E-state index is -1.11. The molecule has 1 amide bonds. The van der Waals surface area contributed by atoms with Gasteiger partial charge in [0.1, 0.15) is 11.3 Å². The maximum atomic E-state index is 12.6. The molecule has 2 heterocycles. The van der Waals surface area contributed by atoms with E-state index in [0.29, 0.717) is 12.2 Å². The van der Waals surface area contributed by atoms with Crippen LogP contribution >= 0.6 is 0 Å². The standard InChI is InChI=1S/C22H21NO5/c1-12-7-17-16(11-28-19(17)8-13(12)2)10-20(24)23-21(22(25)26)15-3-4-18-14(9-15)5-6-27-18/h3-4,7-9,11,21H,5-6,10H2,1-2H3,(H,23,24)(H,25,26). The number of ether oxygens (including phenoxy) is 1. The van der Waals surface area contributed by atoms with Crippen LogP contribution in [-0.2, 0) is 22.4 Å². The predicted octanol–water partition coefficient (Wildman–Crippen LogP) is 3.47. The number of furan rings is 1. The number of hydrogen-bond donors (Lipinski definition) is 2. The van der Waals surface area contributed by atoms with E-state index >= 15 is 0 Å². The van der Waals surface area contributed by atoms with Gasteiger partial charge in [0.05, 0.1) is 19.3 Å². The Morgan fingerprint density at radius 3 is 2.75 bits per heavy atom. The number of aliphatic carboxylic acids is 1. The fraction of sp³-hybridized carbons (Fsp3) is 0.273. The zero-order chi connectivity index (χ0) is 19.8. The van der Waals surface area contributed by atoms with Crippen LogP contribution in [0.2, 0.25) is 0 Å². The van der Waals surface area contributed by atoms with E-state index in [2.05, 4.69) is 5.32 Å². The van der Waals surface area contributed by atoms with E-state index in [1.54, 1.807) is 24.5 Å². The molecule has 3 aromatic rings. The van der Waals surface area contributed by atoms with E-state index in [4.69, 9.17) is 9.15 Å². The van der Waals surface area contributed by atoms with Gasteiger partial charge in [0.2, 0.25) is 5.91 Å². The number of nitrogens with one attached hydrogen (secondary N) is 1. The predicted molar refractivity (Wildman–Crippen MR) is 104 cm³/mol. The maximum absolute atomic E-state index is 12.6. The number of carbonyl (C=O) groups excluding carboxylic acids is 1. The maximum Gasteiger partial charge on any atom is 0.330 e. The van der Waals surface area contributed by atoms with E-state index in [1.165, 1.54) is 0 Å². The summed E-state index contributed by atoms with van der Waals surface area (Å²) in [6.07, 6.45) is 2.35. The van der Waals surface area contributed by atoms with E-state index in [1.807, 2.05) is 26.0 Å². The molecule has 6 heteroatoms. The third-order valence-corrected chi connectivity index (χ3v) is 5.22. The Hall–Kier alpha value is -3.28. The molecule has 1 aliphatic rings. The first-order valence-corrected chi connectivity index (χ1v) is 9.17. The van der Waals surface area contributed by atoms with Crippen LogP contribution in [0.1, 0.15) is 33.9 Å². The molecule has 28 heavy (non-hydrogen) atoms. The van der Waals surface area contributed by atoms with Gasteiger partial charge >= 0.3 is 5.97 Å². The highest BCUT2D eigenvalue weighted by molar-refractivity contribution is 5.90. The average molecular weight is 379 g/mol. The Labute approximate surface area is 162 Å². The number of benzene rings is 2. The second kappa shape index (κ2) is 7.03. The highest BCUT2D eigenvalue weighted by atomic mass is 16.5. The van der Waals surface area contributed by atoms with Gasteiger partial charge in [-0.15, -0.1) is 0 Å². The summed E-state index contributed by atoms with van der Waals surface area (Å²) in [7, 11) is 0. The van der Waals surface area contributed by atoms with E-state index in [9.17, 15) is 14.7 Å². The lowest BCUT2D eigenvalue weighted by Gasteiger charge is -2.15. The van der Waals surface area contributed by atoms with Crippen molar-refractivity contribution in [3.8, 4) is 5.75 Å². The van der Waals surface area contributed by atoms with Gasteiger partial charge in [0.25, 0.3) is 0 Å². The normalized spacial score (nSPS) is 13.8. The van der Waals surface area contributed by atoms with E-state index in [0.717, 1.165) is 45.4 Å². The summed E-state index contributed by atoms with van der Waals surface area (Å²) in [5, 5.41) is 13.1. The zero-order valence-electron chi connectivity index (χ0n) is 15.7. The first kappa shape index (κ1) is 18.1. The second-order valence-electron chi connectivity index (χ2n) is 7.17. The summed E-state index contributed by atoms with van der Waals surface area (Å²) in [5.74, 6) is -0.699. The topological polar surface area (TPSA) is 88.8 Å². The van der Waals surface area contributed by atoms with Crippen LogP contribution in [0.25, 0.3) is 11.0 Å². The first-order chi connectivity index (χ1) is 13.4. The quantitative estimate of drug-likeness (QED) is 0.709. The van der Waals surface area contributed by atoms with Gasteiger partial charge in [-0.2, -0.15) is 0 Å². The van der Waals surface area contributed by atoms with Crippen molar-refractivity contribution in [1.29, 1.82) is 0 Å². The molecule has 2 N–H and O–H groups in total. The van der Waals surface area contributed by atoms with Crippen molar-refractivity contribution >= 4 is 22.8 Å². The summed E-state index contributed by atoms with van der Waals surface area (Å²) >= 11 is 0. The number of fused-ring (bicyclic) bond motifs is 2. The Kier molecular flexibility index (Phi) is 4.55. The number of aryl methyl sites for hydroxylation is 2. The molecule has 0 fully saturated rings. The molecule has 1 atom stereocenters. The molecule has 0 saturated carbocycles. The van der Waals surface area contributed by atoms with Crippen LogP contribution in [0.3, 0.4) is 0 Å². The first-order valence-electron chi connectivity index (χ1n) is 9.17. The fourth-order valence-corrected chi connectivity index (χ4v) is 3.53. The van der Waals surface area contributed by atoms with Crippen LogP contribution in [0.5, 0.6) is 5.75 Å². The number of rotatable bonds is 5. The van der Waals surface area contributed by atoms with Gasteiger partial charge < -0.3 is 19.6 Å². The zero-order valence-corrected chi connectivity index (χ0v) is 15.7. The number of amides is 1. The highest BCUT2D eigenvalue weighted by Gasteiger charge is 2.25. The lowest BCUT2D eigenvalue weighted by atomic mass is 10.0. The molecule has 0 saturated heterocycles. The Morgan fingerprint density at radius 1 is 1.18 bits per heavy atom. The van der Waals surface area contributed by atoms with Gasteiger partial charge in [-0.3, -0.25) is 4.79 Å². The molecule has 4 rings (SSSR count). The van der Waals surface area contributed by atoms with Crippen molar-refractivity contribution < 1.29 is 23.8 Å². The number of hydrogen-bond acceptors (Lipinski definition) is 4. The van der Waals surface area contributed by atoms with Gasteiger partial charge in [-0.1, -0.05) is 6.07 Å². The van der Waals surface area contributed by atoms with Crippen molar-refractivity contribution in [1.82, 2.24) is 5.32 Å². The molecule has 1 unspecified atom stereocenters. The molecule has 0 aliphatic carbocycles. The van der Waals surface area contributed by atoms with Gasteiger partial charge in [-0.25, -0.2) is 4.79 Å².